The molecule has 0 spiro atoms. The van der Waals surface area contributed by atoms with E-state index in [1.165, 1.54) is 25.8 Å². The van der Waals surface area contributed by atoms with E-state index >= 15 is 0 Å². The molecule has 6 rings (SSSR count). The molecule has 4 aromatic rings. The molecule has 8 nitrogen and oxygen atoms in total. The van der Waals surface area contributed by atoms with Crippen LogP contribution in [0.1, 0.15) is 39.8 Å². The monoisotopic (exact) mass is 556 g/mol. The SMILES string of the molecule is COc1cc(C2Oc3cc(OC)c4c(c3CC2O)C(Cc2ccccc2)Cc2cc(O)ccc2-4)c(O)c(OC)c1O. The molecule has 0 aromatic heterocycles. The van der Waals surface area contributed by atoms with E-state index in [0.717, 1.165) is 34.2 Å². The third kappa shape index (κ3) is 4.44. The lowest BCUT2D eigenvalue weighted by molar-refractivity contribution is 0.0186. The van der Waals surface area contributed by atoms with Crippen LogP contribution in [0, 0.1) is 0 Å². The minimum absolute atomic E-state index is 0.0279. The normalized spacial score (nSPS) is 18.9. The van der Waals surface area contributed by atoms with Crippen molar-refractivity contribution in [1.82, 2.24) is 0 Å². The molecule has 0 bridgehead atoms. The van der Waals surface area contributed by atoms with E-state index < -0.39 is 12.2 Å². The molecule has 0 saturated carbocycles. The number of hydrogen-bond donors (Lipinski definition) is 4. The van der Waals surface area contributed by atoms with Crippen LogP contribution in [0.5, 0.6) is 40.2 Å². The van der Waals surface area contributed by atoms with Gasteiger partial charge in [0.1, 0.15) is 17.2 Å². The Bertz CT molecular complexity index is 1610. The second kappa shape index (κ2) is 10.4. The van der Waals surface area contributed by atoms with Crippen LogP contribution >= 0.6 is 0 Å². The molecule has 1 aliphatic carbocycles. The summed E-state index contributed by atoms with van der Waals surface area (Å²) >= 11 is 0. The van der Waals surface area contributed by atoms with Crippen molar-refractivity contribution < 1.29 is 39.4 Å². The molecule has 212 valence electrons. The Hall–Kier alpha value is -4.56. The Morgan fingerprint density at radius 3 is 2.29 bits per heavy atom. The number of phenols is 3. The van der Waals surface area contributed by atoms with Crippen molar-refractivity contribution in [2.45, 2.75) is 37.4 Å². The maximum Gasteiger partial charge on any atom is 0.207 e. The predicted octanol–water partition coefficient (Wildman–Crippen LogP) is 5.42. The van der Waals surface area contributed by atoms with Crippen molar-refractivity contribution in [2.75, 3.05) is 21.3 Å². The minimum atomic E-state index is -1.02. The van der Waals surface area contributed by atoms with Crippen LogP contribution in [0.25, 0.3) is 11.1 Å². The summed E-state index contributed by atoms with van der Waals surface area (Å²) in [5, 5.41) is 43.1. The van der Waals surface area contributed by atoms with E-state index in [0.29, 0.717) is 17.9 Å². The summed E-state index contributed by atoms with van der Waals surface area (Å²) in [5.41, 5.74) is 6.26. The highest BCUT2D eigenvalue weighted by Crippen LogP contribution is 2.54. The number of aliphatic hydroxyl groups is 1. The summed E-state index contributed by atoms with van der Waals surface area (Å²) in [6.45, 7) is 0. The Kier molecular flexibility index (Phi) is 6.79. The highest BCUT2D eigenvalue weighted by atomic mass is 16.5. The van der Waals surface area contributed by atoms with E-state index in [1.807, 2.05) is 36.4 Å². The summed E-state index contributed by atoms with van der Waals surface area (Å²) in [4.78, 5) is 0. The summed E-state index contributed by atoms with van der Waals surface area (Å²) in [6.07, 6.45) is -0.291. The van der Waals surface area contributed by atoms with Gasteiger partial charge in [0.2, 0.25) is 11.5 Å². The zero-order chi connectivity index (χ0) is 28.8. The first kappa shape index (κ1) is 26.7. The van der Waals surface area contributed by atoms with Crippen LogP contribution in [-0.2, 0) is 19.3 Å². The third-order valence-electron chi connectivity index (χ3n) is 8.15. The molecule has 4 aromatic carbocycles. The zero-order valence-corrected chi connectivity index (χ0v) is 23.0. The van der Waals surface area contributed by atoms with E-state index in [-0.39, 0.29) is 46.6 Å². The number of aliphatic hydroxyl groups excluding tert-OH is 1. The fourth-order valence-electron chi connectivity index (χ4n) is 6.33. The highest BCUT2D eigenvalue weighted by molar-refractivity contribution is 5.83. The molecule has 0 amide bonds. The Labute approximate surface area is 238 Å². The molecule has 1 aliphatic heterocycles. The van der Waals surface area contributed by atoms with Crippen molar-refractivity contribution in [3.63, 3.8) is 0 Å². The van der Waals surface area contributed by atoms with Crippen molar-refractivity contribution in [3.05, 3.63) is 88.5 Å². The maximum absolute atomic E-state index is 11.5. The molecule has 3 unspecified atom stereocenters. The van der Waals surface area contributed by atoms with Crippen LogP contribution in [-0.4, -0.2) is 47.9 Å². The molecule has 0 radical (unpaired) electrons. The van der Waals surface area contributed by atoms with Crippen LogP contribution < -0.4 is 18.9 Å². The van der Waals surface area contributed by atoms with Gasteiger partial charge in [-0.25, -0.2) is 0 Å². The van der Waals surface area contributed by atoms with Crippen molar-refractivity contribution in [2.24, 2.45) is 0 Å². The molecular formula is C33H32O8. The first-order valence-corrected chi connectivity index (χ1v) is 13.5. The number of benzene rings is 4. The Morgan fingerprint density at radius 2 is 1.59 bits per heavy atom. The lowest BCUT2D eigenvalue weighted by Gasteiger charge is -2.37. The Morgan fingerprint density at radius 1 is 0.829 bits per heavy atom. The van der Waals surface area contributed by atoms with Crippen molar-refractivity contribution >= 4 is 0 Å². The number of aromatic hydroxyl groups is 3. The maximum atomic E-state index is 11.5. The first-order valence-electron chi connectivity index (χ1n) is 13.5. The molecule has 8 heteroatoms. The van der Waals surface area contributed by atoms with E-state index in [1.54, 1.807) is 13.2 Å². The van der Waals surface area contributed by atoms with Gasteiger partial charge < -0.3 is 39.4 Å². The standard InChI is InChI=1S/C33H32O8/c1-38-26-16-25-22(14-24(35)32(41-25)23-15-27(39-2)31(37)33(40-3)30(23)36)28-19(11-17-7-5-4-6-8-17)12-18-13-20(34)9-10-21(18)29(26)28/h4-10,13,15-16,19,24,32,34-37H,11-12,14H2,1-3H3. The van der Waals surface area contributed by atoms with Crippen LogP contribution in [0.4, 0.5) is 0 Å². The fourth-order valence-corrected chi connectivity index (χ4v) is 6.33. The minimum Gasteiger partial charge on any atom is -0.508 e. The average molecular weight is 557 g/mol. The van der Waals surface area contributed by atoms with E-state index in [9.17, 15) is 20.4 Å². The molecular weight excluding hydrogens is 524 g/mol. The second-order valence-electron chi connectivity index (χ2n) is 10.5. The lowest BCUT2D eigenvalue weighted by atomic mass is 9.72. The van der Waals surface area contributed by atoms with Gasteiger partial charge in [-0.1, -0.05) is 36.4 Å². The van der Waals surface area contributed by atoms with Crippen LogP contribution in [0.15, 0.2) is 60.7 Å². The molecule has 1 heterocycles. The second-order valence-corrected chi connectivity index (χ2v) is 10.5. The first-order chi connectivity index (χ1) is 19.8. The summed E-state index contributed by atoms with van der Waals surface area (Å²) in [7, 11) is 4.33. The summed E-state index contributed by atoms with van der Waals surface area (Å²) < 4.78 is 22.9. The van der Waals surface area contributed by atoms with Crippen molar-refractivity contribution in [3.8, 4) is 51.4 Å². The molecule has 3 atom stereocenters. The molecule has 2 aliphatic rings. The Balaban J connectivity index is 1.52. The smallest absolute Gasteiger partial charge is 0.207 e. The molecule has 4 N–H and O–H groups in total. The lowest BCUT2D eigenvalue weighted by Crippen LogP contribution is -2.32. The summed E-state index contributed by atoms with van der Waals surface area (Å²) in [6, 6.07) is 18.9. The fraction of sp³-hybridized carbons (Fsp3) is 0.273. The van der Waals surface area contributed by atoms with Crippen LogP contribution in [0.3, 0.4) is 0 Å². The van der Waals surface area contributed by atoms with Gasteiger partial charge in [-0.2, -0.15) is 0 Å². The highest BCUT2D eigenvalue weighted by Gasteiger charge is 2.39. The number of fused-ring (bicyclic) bond motifs is 5. The van der Waals surface area contributed by atoms with Crippen molar-refractivity contribution in [1.29, 1.82) is 0 Å². The number of rotatable bonds is 6. The number of hydrogen-bond acceptors (Lipinski definition) is 8. The van der Waals surface area contributed by atoms with Gasteiger partial charge in [-0.3, -0.25) is 0 Å². The van der Waals surface area contributed by atoms with Gasteiger partial charge in [0, 0.05) is 29.2 Å². The largest absolute Gasteiger partial charge is 0.508 e. The van der Waals surface area contributed by atoms with Gasteiger partial charge in [-0.05, 0) is 59.2 Å². The molecule has 0 fully saturated rings. The van der Waals surface area contributed by atoms with Crippen LogP contribution in [0.2, 0.25) is 0 Å². The number of methoxy groups -OCH3 is 3. The van der Waals surface area contributed by atoms with E-state index in [2.05, 4.69) is 12.1 Å². The van der Waals surface area contributed by atoms with Gasteiger partial charge >= 0.3 is 0 Å². The third-order valence-corrected chi connectivity index (χ3v) is 8.15. The topological polar surface area (TPSA) is 118 Å². The van der Waals surface area contributed by atoms with E-state index in [4.69, 9.17) is 18.9 Å². The van der Waals surface area contributed by atoms with Gasteiger partial charge in [-0.15, -0.1) is 0 Å². The van der Waals surface area contributed by atoms with Gasteiger partial charge in [0.05, 0.1) is 27.4 Å². The number of phenolic OH excluding ortho intramolecular Hbond substituents is 3. The quantitative estimate of drug-likeness (QED) is 0.249. The van der Waals surface area contributed by atoms with Gasteiger partial charge in [0.15, 0.2) is 17.6 Å². The predicted molar refractivity (Wildman–Crippen MR) is 153 cm³/mol. The summed E-state index contributed by atoms with van der Waals surface area (Å²) in [5.74, 6) is 0.646. The van der Waals surface area contributed by atoms with Gasteiger partial charge in [0.25, 0.3) is 0 Å². The average Bonchev–Trinajstić information content (AvgIpc) is 2.97. The number of ether oxygens (including phenoxy) is 4. The molecule has 41 heavy (non-hydrogen) atoms. The zero-order valence-electron chi connectivity index (χ0n) is 23.0. The molecule has 0 saturated heterocycles.